The highest BCUT2D eigenvalue weighted by Crippen LogP contribution is 2.34. The molecule has 4 heteroatoms. The quantitative estimate of drug-likeness (QED) is 0.290. The highest BCUT2D eigenvalue weighted by Gasteiger charge is 2.14. The molecular weight excluding hydrogens is 410 g/mol. The second kappa shape index (κ2) is 10.9. The maximum absolute atomic E-state index is 6.15. The van der Waals surface area contributed by atoms with Crippen molar-refractivity contribution in [2.75, 3.05) is 6.61 Å². The number of rotatable bonds is 9. The van der Waals surface area contributed by atoms with E-state index in [0.29, 0.717) is 42.9 Å². The van der Waals surface area contributed by atoms with Crippen LogP contribution in [0.2, 0.25) is 0 Å². The summed E-state index contributed by atoms with van der Waals surface area (Å²) in [6.45, 7) is 3.28. The van der Waals surface area contributed by atoms with Gasteiger partial charge < -0.3 is 14.2 Å². The minimum absolute atomic E-state index is 0.393. The molecule has 0 saturated heterocycles. The molecule has 4 aromatic rings. The number of benzene rings is 3. The van der Waals surface area contributed by atoms with Gasteiger partial charge in [0.25, 0.3) is 0 Å². The lowest BCUT2D eigenvalue weighted by molar-refractivity contribution is 0.268. The fraction of sp³-hybridized carbons (Fsp3) is 0.138. The van der Waals surface area contributed by atoms with Gasteiger partial charge in [-0.1, -0.05) is 72.7 Å². The van der Waals surface area contributed by atoms with Gasteiger partial charge in [-0.3, -0.25) is 0 Å². The molecule has 0 spiro atoms. The average molecular weight is 436 g/mol. The van der Waals surface area contributed by atoms with Crippen molar-refractivity contribution in [1.29, 1.82) is 0 Å². The summed E-state index contributed by atoms with van der Waals surface area (Å²) in [5.41, 5.74) is 4.58. The Hall–Kier alpha value is -4.23. The third-order valence-electron chi connectivity index (χ3n) is 5.03. The van der Waals surface area contributed by atoms with Crippen LogP contribution in [0.1, 0.15) is 23.6 Å². The average Bonchev–Trinajstić information content (AvgIpc) is 2.88. The lowest BCUT2D eigenvalue weighted by Crippen LogP contribution is -2.02. The fourth-order valence-electron chi connectivity index (χ4n) is 3.38. The molecule has 0 amide bonds. The number of hydrogen-bond acceptors (Lipinski definition) is 4. The van der Waals surface area contributed by atoms with Crippen molar-refractivity contribution in [2.24, 2.45) is 0 Å². The lowest BCUT2D eigenvalue weighted by atomic mass is 10.0. The summed E-state index contributed by atoms with van der Waals surface area (Å²) in [4.78, 5) is 4.67. The normalized spacial score (nSPS) is 10.3. The first-order valence-electron chi connectivity index (χ1n) is 10.8. The van der Waals surface area contributed by atoms with E-state index >= 15 is 0 Å². The molecule has 0 fully saturated rings. The van der Waals surface area contributed by atoms with Gasteiger partial charge in [0.05, 0.1) is 12.2 Å². The molecule has 1 heterocycles. The zero-order valence-corrected chi connectivity index (χ0v) is 18.5. The van der Waals surface area contributed by atoms with Gasteiger partial charge in [-0.2, -0.15) is 4.98 Å². The Morgan fingerprint density at radius 1 is 0.758 bits per heavy atom. The number of nitrogens with zero attached hydrogens (tertiary/aromatic N) is 1. The van der Waals surface area contributed by atoms with Crippen molar-refractivity contribution < 1.29 is 14.2 Å². The van der Waals surface area contributed by atoms with Crippen molar-refractivity contribution in [3.8, 4) is 41.0 Å². The van der Waals surface area contributed by atoms with Gasteiger partial charge in [-0.25, -0.2) is 0 Å². The van der Waals surface area contributed by atoms with Crippen molar-refractivity contribution >= 4 is 0 Å². The lowest BCUT2D eigenvalue weighted by Gasteiger charge is -2.14. The van der Waals surface area contributed by atoms with Crippen molar-refractivity contribution in [3.63, 3.8) is 0 Å². The molecular formula is C29H25NO3. The first-order chi connectivity index (χ1) is 16.3. The van der Waals surface area contributed by atoms with Gasteiger partial charge >= 0.3 is 0 Å². The molecule has 0 aliphatic rings. The molecule has 0 unspecified atom stereocenters. The Bertz CT molecular complexity index is 1230. The second-order valence-electron chi connectivity index (χ2n) is 7.34. The molecule has 4 rings (SSSR count). The first-order valence-corrected chi connectivity index (χ1v) is 10.8. The molecule has 0 aliphatic heterocycles. The van der Waals surface area contributed by atoms with Crippen LogP contribution in [-0.2, 0) is 13.2 Å². The van der Waals surface area contributed by atoms with Gasteiger partial charge in [-0.15, -0.1) is 6.42 Å². The van der Waals surface area contributed by atoms with Crippen LogP contribution >= 0.6 is 0 Å². The molecule has 0 saturated carbocycles. The van der Waals surface area contributed by atoms with Crippen LogP contribution < -0.4 is 14.2 Å². The molecule has 0 radical (unpaired) electrons. The van der Waals surface area contributed by atoms with E-state index in [9.17, 15) is 0 Å². The van der Waals surface area contributed by atoms with E-state index in [1.807, 2.05) is 97.9 Å². The zero-order valence-electron chi connectivity index (χ0n) is 18.5. The summed E-state index contributed by atoms with van der Waals surface area (Å²) in [7, 11) is 0. The Morgan fingerprint density at radius 2 is 1.42 bits per heavy atom. The number of aromatic nitrogens is 1. The molecule has 3 aromatic carbocycles. The minimum atomic E-state index is 0.393. The zero-order chi connectivity index (χ0) is 22.9. The molecule has 164 valence electrons. The highest BCUT2D eigenvalue weighted by molar-refractivity contribution is 5.72. The van der Waals surface area contributed by atoms with Crippen LogP contribution in [0.4, 0.5) is 0 Å². The largest absolute Gasteiger partial charge is 0.493 e. The topological polar surface area (TPSA) is 40.6 Å². The molecule has 33 heavy (non-hydrogen) atoms. The predicted octanol–water partition coefficient (Wildman–Crippen LogP) is 6.29. The summed E-state index contributed by atoms with van der Waals surface area (Å²) in [6, 6.07) is 29.5. The monoisotopic (exact) mass is 435 g/mol. The van der Waals surface area contributed by atoms with Crippen LogP contribution in [0.15, 0.2) is 91.0 Å². The van der Waals surface area contributed by atoms with E-state index in [1.165, 1.54) is 0 Å². The molecule has 0 bridgehead atoms. The van der Waals surface area contributed by atoms with Gasteiger partial charge in [-0.05, 0) is 41.8 Å². The molecule has 0 aliphatic carbocycles. The van der Waals surface area contributed by atoms with Gasteiger partial charge in [0.1, 0.15) is 19.0 Å². The van der Waals surface area contributed by atoms with Crippen LogP contribution in [0.5, 0.6) is 17.5 Å². The summed E-state index contributed by atoms with van der Waals surface area (Å²) in [5.74, 6) is 4.32. The van der Waals surface area contributed by atoms with E-state index in [1.54, 1.807) is 0 Å². The van der Waals surface area contributed by atoms with Crippen molar-refractivity contribution in [3.05, 3.63) is 108 Å². The number of terminal acetylenes is 1. The Morgan fingerprint density at radius 3 is 2.06 bits per heavy atom. The second-order valence-corrected chi connectivity index (χ2v) is 7.34. The smallest absolute Gasteiger partial charge is 0.225 e. The third-order valence-corrected chi connectivity index (χ3v) is 5.03. The van der Waals surface area contributed by atoms with Crippen LogP contribution in [0, 0.1) is 12.3 Å². The fourth-order valence-corrected chi connectivity index (χ4v) is 3.38. The standard InChI is InChI=1S/C29H25NO3/c1-3-24-15-16-25(19-27(24)31-4-2)26-17-18-28(32-20-22-11-7-5-8-12-22)30-29(26)33-21-23-13-9-6-10-14-23/h1,5-19H,4,20-21H2,2H3. The Kier molecular flexibility index (Phi) is 7.25. The van der Waals surface area contributed by atoms with Crippen molar-refractivity contribution in [1.82, 2.24) is 4.98 Å². The summed E-state index contributed by atoms with van der Waals surface area (Å²) >= 11 is 0. The molecule has 0 N–H and O–H groups in total. The van der Waals surface area contributed by atoms with Crippen LogP contribution in [0.3, 0.4) is 0 Å². The Balaban J connectivity index is 1.64. The molecule has 4 nitrogen and oxygen atoms in total. The summed E-state index contributed by atoms with van der Waals surface area (Å²) in [6.07, 6.45) is 5.63. The van der Waals surface area contributed by atoms with E-state index in [2.05, 4.69) is 10.9 Å². The van der Waals surface area contributed by atoms with Crippen LogP contribution in [-0.4, -0.2) is 11.6 Å². The van der Waals surface area contributed by atoms with E-state index in [-0.39, 0.29) is 0 Å². The Labute approximate surface area is 194 Å². The van der Waals surface area contributed by atoms with E-state index < -0.39 is 0 Å². The van der Waals surface area contributed by atoms with Crippen molar-refractivity contribution in [2.45, 2.75) is 20.1 Å². The van der Waals surface area contributed by atoms with Gasteiger partial charge in [0.2, 0.25) is 11.8 Å². The maximum atomic E-state index is 6.15. The number of ether oxygens (including phenoxy) is 3. The first kappa shape index (κ1) is 22.0. The van der Waals surface area contributed by atoms with Gasteiger partial charge in [0, 0.05) is 11.6 Å². The van der Waals surface area contributed by atoms with Gasteiger partial charge in [0.15, 0.2) is 0 Å². The third kappa shape index (κ3) is 5.72. The number of hydrogen-bond donors (Lipinski definition) is 0. The number of pyridine rings is 1. The molecule has 1 aromatic heterocycles. The van der Waals surface area contributed by atoms with Crippen LogP contribution in [0.25, 0.3) is 11.1 Å². The van der Waals surface area contributed by atoms with E-state index in [0.717, 1.165) is 22.3 Å². The van der Waals surface area contributed by atoms with E-state index in [4.69, 9.17) is 20.6 Å². The highest BCUT2D eigenvalue weighted by atomic mass is 16.5. The SMILES string of the molecule is C#Cc1ccc(-c2ccc(OCc3ccccc3)nc2OCc2ccccc2)cc1OCC. The molecule has 0 atom stereocenters. The maximum Gasteiger partial charge on any atom is 0.225 e. The summed E-state index contributed by atoms with van der Waals surface area (Å²) < 4.78 is 17.8. The minimum Gasteiger partial charge on any atom is -0.493 e. The predicted molar refractivity (Wildman–Crippen MR) is 130 cm³/mol. The summed E-state index contributed by atoms with van der Waals surface area (Å²) in [5, 5.41) is 0.